The number of quaternary nitrogens is 1. The maximum absolute atomic E-state index is 12.4. The zero-order chi connectivity index (χ0) is 26.0. The molecule has 3 N–H and O–H groups in total. The second kappa shape index (κ2) is 9.85. The van der Waals surface area contributed by atoms with Crippen LogP contribution in [0.15, 0.2) is 131 Å². The topological polar surface area (TPSA) is 102 Å². The summed E-state index contributed by atoms with van der Waals surface area (Å²) in [6.07, 6.45) is 13.2. The molecule has 8 nitrogen and oxygen atoms in total. The van der Waals surface area contributed by atoms with Crippen molar-refractivity contribution in [2.24, 2.45) is 15.8 Å². The molecule has 38 heavy (non-hydrogen) atoms. The number of aliphatic imine (C=N–C) groups is 2. The van der Waals surface area contributed by atoms with Gasteiger partial charge in [-0.05, 0) is 48.0 Å². The standard InChI is InChI=1S/C30H24N6O2/c31-36-15-14-32-19-27(36)29(22-7-4-8-22)35-30(36)23-9-5-12-26(17-23)38-20-21-6-3-11-25(16-21)34-28(37)18-24-10-1-2-13-33-24/h1-17,19H,18,20,31H2/p+1. The third kappa shape index (κ3) is 4.61. The molecule has 0 radical (unpaired) electrons. The highest BCUT2D eigenvalue weighted by atomic mass is 16.5. The van der Waals surface area contributed by atoms with Crippen LogP contribution in [-0.4, -0.2) is 27.5 Å². The number of hydrogen-bond donors (Lipinski definition) is 2. The minimum absolute atomic E-state index is 0.0479. The highest BCUT2D eigenvalue weighted by Crippen LogP contribution is 2.36. The number of carbonyl (C=O) groups is 1. The van der Waals surface area contributed by atoms with E-state index in [2.05, 4.69) is 15.3 Å². The molecule has 3 aromatic rings. The first-order valence-electron chi connectivity index (χ1n) is 12.2. The van der Waals surface area contributed by atoms with Gasteiger partial charge in [-0.3, -0.25) is 14.8 Å². The van der Waals surface area contributed by atoms with Crippen molar-refractivity contribution in [2.75, 3.05) is 5.32 Å². The Kier molecular flexibility index (Phi) is 6.09. The van der Waals surface area contributed by atoms with E-state index in [1.54, 1.807) is 18.6 Å². The fraction of sp³-hybridized carbons (Fsp3) is 0.0667. The Labute approximate surface area is 220 Å². The summed E-state index contributed by atoms with van der Waals surface area (Å²) in [4.78, 5) is 25.8. The molecule has 2 aromatic carbocycles. The van der Waals surface area contributed by atoms with E-state index in [1.807, 2.05) is 91.2 Å². The minimum atomic E-state index is -0.122. The Bertz CT molecular complexity index is 1600. The van der Waals surface area contributed by atoms with E-state index < -0.39 is 0 Å². The van der Waals surface area contributed by atoms with E-state index >= 15 is 0 Å². The van der Waals surface area contributed by atoms with Crippen molar-refractivity contribution in [3.8, 4) is 5.75 Å². The Morgan fingerprint density at radius 3 is 2.76 bits per heavy atom. The lowest BCUT2D eigenvalue weighted by atomic mass is 10.0. The summed E-state index contributed by atoms with van der Waals surface area (Å²) in [6, 6.07) is 20.9. The van der Waals surface area contributed by atoms with Crippen LogP contribution in [0.1, 0.15) is 16.8 Å². The Hall–Kier alpha value is -4.92. The lowest BCUT2D eigenvalue weighted by Crippen LogP contribution is -2.53. The molecule has 1 atom stereocenters. The summed E-state index contributed by atoms with van der Waals surface area (Å²) in [6.45, 7) is 0.335. The Balaban J connectivity index is 1.15. The van der Waals surface area contributed by atoms with Crippen LogP contribution in [-0.2, 0) is 17.8 Å². The number of aromatic nitrogens is 1. The molecule has 2 aliphatic heterocycles. The van der Waals surface area contributed by atoms with Gasteiger partial charge < -0.3 is 10.1 Å². The number of pyridine rings is 1. The van der Waals surface area contributed by atoms with Gasteiger partial charge in [-0.25, -0.2) is 0 Å². The van der Waals surface area contributed by atoms with Crippen molar-refractivity contribution in [3.63, 3.8) is 0 Å². The van der Waals surface area contributed by atoms with Crippen LogP contribution in [0.4, 0.5) is 5.69 Å². The number of hydrogen-bond acceptors (Lipinski definition) is 6. The maximum Gasteiger partial charge on any atom is 0.265 e. The smallest absolute Gasteiger partial charge is 0.265 e. The van der Waals surface area contributed by atoms with Crippen molar-refractivity contribution in [3.05, 3.63) is 137 Å². The predicted octanol–water partition coefficient (Wildman–Crippen LogP) is 4.56. The second-order valence-corrected chi connectivity index (χ2v) is 9.07. The van der Waals surface area contributed by atoms with Gasteiger partial charge in [-0.2, -0.15) is 10.8 Å². The lowest BCUT2D eigenvalue weighted by molar-refractivity contribution is -0.750. The Morgan fingerprint density at radius 1 is 1.05 bits per heavy atom. The number of fused-ring (bicyclic) bond motifs is 1. The van der Waals surface area contributed by atoms with Gasteiger partial charge in [0.15, 0.2) is 0 Å². The molecule has 1 aromatic heterocycles. The van der Waals surface area contributed by atoms with Gasteiger partial charge in [0.25, 0.3) is 5.84 Å². The van der Waals surface area contributed by atoms with Crippen molar-refractivity contribution < 1.29 is 14.1 Å². The SMILES string of the molecule is N[N+]12C=CN=CC1=C(C1=CC=C1)N=C2c1cccc(OCc2cccc(NC(=O)Cc3ccccn3)c2)c1. The van der Waals surface area contributed by atoms with E-state index in [-0.39, 0.29) is 16.9 Å². The van der Waals surface area contributed by atoms with Gasteiger partial charge >= 0.3 is 0 Å². The van der Waals surface area contributed by atoms with Crippen LogP contribution in [0.5, 0.6) is 5.75 Å². The van der Waals surface area contributed by atoms with E-state index in [1.165, 1.54) is 0 Å². The van der Waals surface area contributed by atoms with E-state index in [0.717, 1.165) is 33.8 Å². The molecule has 1 unspecified atom stereocenters. The summed E-state index contributed by atoms with van der Waals surface area (Å²) in [7, 11) is 0. The van der Waals surface area contributed by atoms with E-state index in [0.29, 0.717) is 23.9 Å². The molecule has 0 bridgehead atoms. The fourth-order valence-corrected chi connectivity index (χ4v) is 4.44. The molecule has 186 valence electrons. The van der Waals surface area contributed by atoms with Gasteiger partial charge in [0.2, 0.25) is 11.6 Å². The quantitative estimate of drug-likeness (QED) is 0.349. The number of anilines is 1. The number of allylic oxidation sites excluding steroid dienone is 4. The maximum atomic E-state index is 12.4. The molecule has 3 heterocycles. The normalized spacial score (nSPS) is 19.0. The van der Waals surface area contributed by atoms with Crippen LogP contribution in [0.2, 0.25) is 0 Å². The van der Waals surface area contributed by atoms with Gasteiger partial charge in [0, 0.05) is 23.2 Å². The second-order valence-electron chi connectivity index (χ2n) is 9.07. The first-order chi connectivity index (χ1) is 18.6. The van der Waals surface area contributed by atoms with E-state index in [9.17, 15) is 4.79 Å². The molecule has 0 fully saturated rings. The number of amidine groups is 1. The van der Waals surface area contributed by atoms with Gasteiger partial charge in [-0.15, -0.1) is 4.59 Å². The van der Waals surface area contributed by atoms with Crippen LogP contribution in [0.25, 0.3) is 0 Å². The number of carbonyl (C=O) groups excluding carboxylic acids is 1. The zero-order valence-corrected chi connectivity index (χ0v) is 20.5. The van der Waals surface area contributed by atoms with Crippen LogP contribution < -0.4 is 15.9 Å². The largest absolute Gasteiger partial charge is 0.489 e. The number of amides is 1. The summed E-state index contributed by atoms with van der Waals surface area (Å²) >= 11 is 0. The lowest BCUT2D eigenvalue weighted by Gasteiger charge is -2.26. The molecule has 0 saturated carbocycles. The fourth-order valence-electron chi connectivity index (χ4n) is 4.44. The molecule has 0 spiro atoms. The molecule has 1 amide bonds. The first-order valence-corrected chi connectivity index (χ1v) is 12.2. The molecule has 8 heteroatoms. The summed E-state index contributed by atoms with van der Waals surface area (Å²) in [5.74, 6) is 8.07. The minimum Gasteiger partial charge on any atom is -0.489 e. The third-order valence-electron chi connectivity index (χ3n) is 6.40. The molecular formula is C30H25N6O2+. The third-order valence-corrected chi connectivity index (χ3v) is 6.40. The predicted molar refractivity (Wildman–Crippen MR) is 147 cm³/mol. The highest BCUT2D eigenvalue weighted by Gasteiger charge is 2.44. The van der Waals surface area contributed by atoms with Crippen LogP contribution in [0.3, 0.4) is 0 Å². The Morgan fingerprint density at radius 2 is 1.95 bits per heavy atom. The summed E-state index contributed by atoms with van der Waals surface area (Å²) in [5.41, 5.74) is 5.90. The average molecular weight is 502 g/mol. The number of benzene rings is 2. The molecule has 3 aliphatic rings. The van der Waals surface area contributed by atoms with Crippen molar-refractivity contribution >= 4 is 23.6 Å². The summed E-state index contributed by atoms with van der Waals surface area (Å²) in [5, 5.41) is 2.93. The number of nitrogens with zero attached hydrogens (tertiary/aromatic N) is 4. The summed E-state index contributed by atoms with van der Waals surface area (Å²) < 4.78 is 6.07. The van der Waals surface area contributed by atoms with Crippen LogP contribution in [0, 0.1) is 0 Å². The van der Waals surface area contributed by atoms with Gasteiger partial charge in [0.1, 0.15) is 24.3 Å². The molecule has 0 saturated heterocycles. The monoisotopic (exact) mass is 501 g/mol. The molecule has 1 aliphatic carbocycles. The van der Waals surface area contributed by atoms with Crippen molar-refractivity contribution in [1.29, 1.82) is 0 Å². The average Bonchev–Trinajstić information content (AvgIpc) is 3.20. The highest BCUT2D eigenvalue weighted by molar-refractivity contribution is 6.01. The zero-order valence-electron chi connectivity index (χ0n) is 20.5. The number of rotatable bonds is 8. The van der Waals surface area contributed by atoms with Gasteiger partial charge in [0.05, 0.1) is 24.4 Å². The van der Waals surface area contributed by atoms with Crippen molar-refractivity contribution in [1.82, 2.24) is 4.98 Å². The van der Waals surface area contributed by atoms with E-state index in [4.69, 9.17) is 15.6 Å². The van der Waals surface area contributed by atoms with Gasteiger partial charge in [-0.1, -0.05) is 42.5 Å². The van der Waals surface area contributed by atoms with Crippen molar-refractivity contribution in [2.45, 2.75) is 13.0 Å². The number of ether oxygens (including phenoxy) is 1. The van der Waals surface area contributed by atoms with Crippen LogP contribution >= 0.6 is 0 Å². The first kappa shape index (κ1) is 23.5. The molecule has 6 rings (SSSR count). The number of nitrogens with two attached hydrogens (primary N) is 1. The molecular weight excluding hydrogens is 476 g/mol. The number of nitrogens with one attached hydrogen (secondary N) is 1.